The van der Waals surface area contributed by atoms with Crippen LogP contribution in [0.1, 0.15) is 18.3 Å². The number of nitrogens with zero attached hydrogens (tertiary/aromatic N) is 2. The van der Waals surface area contributed by atoms with Crippen LogP contribution in [0.4, 0.5) is 10.2 Å². The number of benzene rings is 1. The maximum absolute atomic E-state index is 13.2. The molecule has 2 aromatic rings. The number of nitrogens with two attached hydrogens (primary N) is 1. The van der Waals surface area contributed by atoms with Gasteiger partial charge in [-0.2, -0.15) is 4.98 Å². The van der Waals surface area contributed by atoms with E-state index in [0.29, 0.717) is 39.7 Å². The van der Waals surface area contributed by atoms with Crippen molar-refractivity contribution in [3.63, 3.8) is 0 Å². The number of anilines is 1. The van der Waals surface area contributed by atoms with E-state index in [2.05, 4.69) is 25.9 Å². The number of hydrogen-bond donors (Lipinski definition) is 1. The van der Waals surface area contributed by atoms with E-state index in [9.17, 15) is 4.39 Å². The Labute approximate surface area is 119 Å². The van der Waals surface area contributed by atoms with Crippen LogP contribution in [0.2, 0.25) is 0 Å². The Morgan fingerprint density at radius 3 is 2.79 bits per heavy atom. The first kappa shape index (κ1) is 13.7. The predicted octanol–water partition coefficient (Wildman–Crippen LogP) is 3.62. The van der Waals surface area contributed by atoms with Crippen molar-refractivity contribution in [3.05, 3.63) is 39.9 Å². The highest BCUT2D eigenvalue weighted by atomic mass is 79.9. The van der Waals surface area contributed by atoms with Crippen molar-refractivity contribution >= 4 is 21.7 Å². The molecule has 2 N–H and O–H groups in total. The number of rotatable bonds is 3. The summed E-state index contributed by atoms with van der Waals surface area (Å²) in [6.45, 7) is 3.68. The van der Waals surface area contributed by atoms with Gasteiger partial charge in [0.05, 0.1) is 10.0 Å². The van der Waals surface area contributed by atoms with Crippen molar-refractivity contribution in [2.75, 3.05) is 5.73 Å². The molecule has 2 rings (SSSR count). The molecule has 0 aliphatic heterocycles. The third-order valence-electron chi connectivity index (χ3n) is 2.60. The van der Waals surface area contributed by atoms with Crippen molar-refractivity contribution in [1.82, 2.24) is 9.97 Å². The quantitative estimate of drug-likeness (QED) is 0.936. The number of hydrogen-bond acceptors (Lipinski definition) is 4. The molecule has 0 radical (unpaired) electrons. The first-order chi connectivity index (χ1) is 9.01. The van der Waals surface area contributed by atoms with E-state index >= 15 is 0 Å². The van der Waals surface area contributed by atoms with E-state index in [1.54, 1.807) is 13.0 Å². The third-order valence-corrected chi connectivity index (χ3v) is 3.26. The van der Waals surface area contributed by atoms with E-state index in [-0.39, 0.29) is 5.82 Å². The van der Waals surface area contributed by atoms with Crippen molar-refractivity contribution in [1.29, 1.82) is 0 Å². The zero-order valence-electron chi connectivity index (χ0n) is 10.6. The van der Waals surface area contributed by atoms with Gasteiger partial charge in [-0.25, -0.2) is 9.37 Å². The molecule has 0 saturated carbocycles. The molecule has 0 amide bonds. The van der Waals surface area contributed by atoms with Crippen LogP contribution in [0.5, 0.6) is 11.6 Å². The largest absolute Gasteiger partial charge is 0.437 e. The number of ether oxygens (including phenoxy) is 1. The molecule has 1 aromatic heterocycles. The van der Waals surface area contributed by atoms with E-state index in [1.165, 1.54) is 12.1 Å². The van der Waals surface area contributed by atoms with Gasteiger partial charge in [-0.3, -0.25) is 0 Å². The molecule has 19 heavy (non-hydrogen) atoms. The molecule has 0 aliphatic carbocycles. The molecule has 0 atom stereocenters. The highest BCUT2D eigenvalue weighted by Crippen LogP contribution is 2.32. The molecule has 100 valence electrons. The highest BCUT2D eigenvalue weighted by molar-refractivity contribution is 9.10. The predicted molar refractivity (Wildman–Crippen MR) is 74.7 cm³/mol. The molecule has 4 nitrogen and oxygen atoms in total. The first-order valence-corrected chi connectivity index (χ1v) is 6.56. The van der Waals surface area contributed by atoms with Gasteiger partial charge in [-0.15, -0.1) is 0 Å². The van der Waals surface area contributed by atoms with Gasteiger partial charge >= 0.3 is 0 Å². The van der Waals surface area contributed by atoms with Gasteiger partial charge < -0.3 is 10.5 Å². The van der Waals surface area contributed by atoms with Crippen LogP contribution in [0.25, 0.3) is 0 Å². The minimum Gasteiger partial charge on any atom is -0.437 e. The molecular weight excluding hydrogens is 313 g/mol. The fraction of sp³-hybridized carbons (Fsp3) is 0.231. The Morgan fingerprint density at radius 2 is 2.11 bits per heavy atom. The van der Waals surface area contributed by atoms with Gasteiger partial charge in [-0.05, 0) is 35.0 Å². The average Bonchev–Trinajstić information content (AvgIpc) is 2.38. The molecule has 0 unspecified atom stereocenters. The van der Waals surface area contributed by atoms with Crippen LogP contribution < -0.4 is 10.5 Å². The average molecular weight is 326 g/mol. The Hall–Kier alpha value is -1.69. The summed E-state index contributed by atoms with van der Waals surface area (Å²) in [6.07, 6.45) is 0.644. The lowest BCUT2D eigenvalue weighted by atomic mass is 10.3. The van der Waals surface area contributed by atoms with Gasteiger partial charge in [0.15, 0.2) is 0 Å². The molecule has 0 aliphatic rings. The number of nitrogen functional groups attached to an aromatic ring is 1. The Kier molecular flexibility index (Phi) is 3.99. The Balaban J connectivity index is 2.42. The van der Waals surface area contributed by atoms with E-state index < -0.39 is 0 Å². The second-order valence-corrected chi connectivity index (χ2v) is 4.84. The van der Waals surface area contributed by atoms with Gasteiger partial charge in [0.1, 0.15) is 23.2 Å². The van der Waals surface area contributed by atoms with Crippen molar-refractivity contribution in [2.45, 2.75) is 20.3 Å². The summed E-state index contributed by atoms with van der Waals surface area (Å²) in [7, 11) is 0. The second kappa shape index (κ2) is 5.52. The zero-order valence-corrected chi connectivity index (χ0v) is 12.2. The fourth-order valence-electron chi connectivity index (χ4n) is 1.48. The number of aromatic nitrogens is 2. The summed E-state index contributed by atoms with van der Waals surface area (Å²) in [5.41, 5.74) is 6.43. The minimum absolute atomic E-state index is 0.343. The molecule has 0 saturated heterocycles. The summed E-state index contributed by atoms with van der Waals surface area (Å²) in [5, 5.41) is 0. The summed E-state index contributed by atoms with van der Waals surface area (Å²) in [5.74, 6) is 1.27. The standard InChI is InChI=1S/C13H13BrFN3O/c1-3-11-17-12(16)7(2)13(18-11)19-10-6-8(15)4-5-9(10)14/h4-6H,3H2,1-2H3,(H2,16,17,18). The van der Waals surface area contributed by atoms with Gasteiger partial charge in [0, 0.05) is 12.5 Å². The van der Waals surface area contributed by atoms with Crippen LogP contribution in [0.3, 0.4) is 0 Å². The maximum atomic E-state index is 13.2. The fourth-order valence-corrected chi connectivity index (χ4v) is 1.80. The third kappa shape index (κ3) is 3.01. The van der Waals surface area contributed by atoms with Crippen LogP contribution in [-0.4, -0.2) is 9.97 Å². The Morgan fingerprint density at radius 1 is 1.37 bits per heavy atom. The molecule has 0 fully saturated rings. The summed E-state index contributed by atoms with van der Waals surface area (Å²) in [4.78, 5) is 8.40. The minimum atomic E-state index is -0.381. The van der Waals surface area contributed by atoms with Crippen LogP contribution >= 0.6 is 15.9 Å². The summed E-state index contributed by atoms with van der Waals surface area (Å²) in [6, 6.07) is 4.20. The molecule has 1 aromatic carbocycles. The van der Waals surface area contributed by atoms with E-state index in [1.807, 2.05) is 6.92 Å². The number of halogens is 2. The first-order valence-electron chi connectivity index (χ1n) is 5.77. The SMILES string of the molecule is CCc1nc(N)c(C)c(Oc2cc(F)ccc2Br)n1. The van der Waals surface area contributed by atoms with Crippen molar-refractivity contribution < 1.29 is 9.13 Å². The van der Waals surface area contributed by atoms with Crippen LogP contribution in [0, 0.1) is 12.7 Å². The maximum Gasteiger partial charge on any atom is 0.227 e. The van der Waals surface area contributed by atoms with Crippen molar-refractivity contribution in [2.24, 2.45) is 0 Å². The van der Waals surface area contributed by atoms with Crippen molar-refractivity contribution in [3.8, 4) is 11.6 Å². The second-order valence-electron chi connectivity index (χ2n) is 3.99. The van der Waals surface area contributed by atoms with Gasteiger partial charge in [-0.1, -0.05) is 6.92 Å². The lowest BCUT2D eigenvalue weighted by molar-refractivity contribution is 0.448. The molecule has 1 heterocycles. The number of aryl methyl sites for hydroxylation is 1. The van der Waals surface area contributed by atoms with Crippen LogP contribution in [0.15, 0.2) is 22.7 Å². The van der Waals surface area contributed by atoms with E-state index in [4.69, 9.17) is 10.5 Å². The van der Waals surface area contributed by atoms with E-state index in [0.717, 1.165) is 0 Å². The lowest BCUT2D eigenvalue weighted by Gasteiger charge is -2.11. The smallest absolute Gasteiger partial charge is 0.227 e. The lowest BCUT2D eigenvalue weighted by Crippen LogP contribution is -2.04. The highest BCUT2D eigenvalue weighted by Gasteiger charge is 2.12. The Bertz CT molecular complexity index is 619. The molecule has 0 bridgehead atoms. The normalized spacial score (nSPS) is 10.5. The van der Waals surface area contributed by atoms with Crippen LogP contribution in [-0.2, 0) is 6.42 Å². The zero-order chi connectivity index (χ0) is 14.0. The topological polar surface area (TPSA) is 61.0 Å². The van der Waals surface area contributed by atoms with Gasteiger partial charge in [0.2, 0.25) is 5.88 Å². The monoisotopic (exact) mass is 325 g/mol. The van der Waals surface area contributed by atoms with Gasteiger partial charge in [0.25, 0.3) is 0 Å². The molecule has 0 spiro atoms. The summed E-state index contributed by atoms with van der Waals surface area (Å²) < 4.78 is 19.5. The molecular formula is C13H13BrFN3O. The summed E-state index contributed by atoms with van der Waals surface area (Å²) >= 11 is 3.30. The molecule has 6 heteroatoms.